The van der Waals surface area contributed by atoms with Gasteiger partial charge < -0.3 is 29.5 Å². The predicted molar refractivity (Wildman–Crippen MR) is 102 cm³/mol. The largest absolute Gasteiger partial charge is 0.459 e. The van der Waals surface area contributed by atoms with E-state index in [1.54, 1.807) is 6.92 Å². The van der Waals surface area contributed by atoms with Crippen molar-refractivity contribution in [3.63, 3.8) is 0 Å². The summed E-state index contributed by atoms with van der Waals surface area (Å²) < 4.78 is 16.3. The number of ether oxygens (including phenoxy) is 3. The lowest BCUT2D eigenvalue weighted by Crippen LogP contribution is -2.64. The van der Waals surface area contributed by atoms with Crippen LogP contribution in [0.2, 0.25) is 0 Å². The molecule has 0 amide bonds. The van der Waals surface area contributed by atoms with Gasteiger partial charge >= 0.3 is 17.9 Å². The summed E-state index contributed by atoms with van der Waals surface area (Å²) in [6, 6.07) is 0. The number of aliphatic hydroxyl groups excluding tert-OH is 1. The van der Waals surface area contributed by atoms with E-state index in [-0.39, 0.29) is 17.6 Å². The number of ketones is 1. The van der Waals surface area contributed by atoms with Crippen LogP contribution in [0.5, 0.6) is 0 Å². The monoisotopic (exact) mass is 440 g/mol. The average Bonchev–Trinajstić information content (AvgIpc) is 2.94. The minimum Gasteiger partial charge on any atom is -0.459 e. The maximum Gasteiger partial charge on any atom is 0.341 e. The number of carbonyl (C=O) groups excluding carboxylic acids is 4. The Labute approximate surface area is 179 Å². The average molecular weight is 440 g/mol. The zero-order valence-corrected chi connectivity index (χ0v) is 18.1. The van der Waals surface area contributed by atoms with Crippen LogP contribution in [0.15, 0.2) is 11.1 Å². The summed E-state index contributed by atoms with van der Waals surface area (Å²) in [6.45, 7) is 6.74. The van der Waals surface area contributed by atoms with Gasteiger partial charge in [0.15, 0.2) is 23.1 Å². The fourth-order valence-corrected chi connectivity index (χ4v) is 5.09. The minimum absolute atomic E-state index is 0.00470. The SMILES string of the molecule is CCCC(=O)O[C@H]1C[C@](C)(OC(C)=O)[C@@H]2C(=C(C)C(=O)[C@H]2O)[C@@H]2OC(=O)[C@@](C)(O)[C@@]12O. The third-order valence-corrected chi connectivity index (χ3v) is 6.65. The molecule has 1 saturated heterocycles. The molecule has 31 heavy (non-hydrogen) atoms. The number of fused-ring (bicyclic) bond motifs is 3. The molecule has 3 N–H and O–H groups in total. The molecule has 2 aliphatic carbocycles. The van der Waals surface area contributed by atoms with Crippen LogP contribution in [-0.2, 0) is 33.4 Å². The van der Waals surface area contributed by atoms with Crippen molar-refractivity contribution in [2.75, 3.05) is 0 Å². The Morgan fingerprint density at radius 1 is 1.23 bits per heavy atom. The second-order valence-electron chi connectivity index (χ2n) is 8.89. The van der Waals surface area contributed by atoms with Crippen molar-refractivity contribution >= 4 is 23.7 Å². The van der Waals surface area contributed by atoms with Crippen molar-refractivity contribution < 1.29 is 48.7 Å². The zero-order valence-electron chi connectivity index (χ0n) is 18.1. The molecule has 3 aliphatic rings. The van der Waals surface area contributed by atoms with Gasteiger partial charge in [0, 0.05) is 19.8 Å². The topological polar surface area (TPSA) is 157 Å². The normalized spacial score (nSPS) is 41.9. The Bertz CT molecular complexity index is 873. The van der Waals surface area contributed by atoms with Crippen molar-refractivity contribution in [2.45, 2.75) is 89.0 Å². The van der Waals surface area contributed by atoms with E-state index in [0.29, 0.717) is 6.42 Å². The van der Waals surface area contributed by atoms with Crippen molar-refractivity contribution in [1.82, 2.24) is 0 Å². The molecule has 0 aromatic carbocycles. The van der Waals surface area contributed by atoms with Gasteiger partial charge in [-0.2, -0.15) is 0 Å². The molecule has 1 heterocycles. The van der Waals surface area contributed by atoms with Crippen molar-refractivity contribution in [3.8, 4) is 0 Å². The van der Waals surface area contributed by atoms with Gasteiger partial charge in [-0.05, 0) is 38.3 Å². The maximum absolute atomic E-state index is 12.6. The van der Waals surface area contributed by atoms with Gasteiger partial charge in [0.2, 0.25) is 0 Å². The highest BCUT2D eigenvalue weighted by atomic mass is 16.6. The summed E-state index contributed by atoms with van der Waals surface area (Å²) in [5.74, 6) is -4.45. The van der Waals surface area contributed by atoms with Crippen LogP contribution in [0.25, 0.3) is 0 Å². The second kappa shape index (κ2) is 7.39. The number of aliphatic hydroxyl groups is 3. The molecular formula is C21H28O10. The summed E-state index contributed by atoms with van der Waals surface area (Å²) in [4.78, 5) is 49.4. The molecule has 0 unspecified atom stereocenters. The lowest BCUT2D eigenvalue weighted by Gasteiger charge is -2.41. The smallest absolute Gasteiger partial charge is 0.341 e. The lowest BCUT2D eigenvalue weighted by molar-refractivity contribution is -0.210. The quantitative estimate of drug-likeness (QED) is 0.392. The van der Waals surface area contributed by atoms with Gasteiger partial charge in [-0.3, -0.25) is 14.4 Å². The standard InChI is InChI=1S/C21H28O10/c1-6-7-12(23)29-11-8-19(4,31-10(3)22)14-13(9(2)15(24)16(14)25)17-21(11,28)20(5,27)18(26)30-17/h11,14,16-17,25,27-28H,6-8H2,1-5H3/t11-,14+,16-,17-,19-,20+,21+/m0/s1. The Hall–Kier alpha value is -2.30. The van der Waals surface area contributed by atoms with Gasteiger partial charge in [-0.15, -0.1) is 0 Å². The van der Waals surface area contributed by atoms with Crippen LogP contribution >= 0.6 is 0 Å². The fraction of sp³-hybridized carbons (Fsp3) is 0.714. The Balaban J connectivity index is 2.27. The van der Waals surface area contributed by atoms with E-state index >= 15 is 0 Å². The Morgan fingerprint density at radius 3 is 2.39 bits per heavy atom. The molecule has 0 radical (unpaired) electrons. The molecule has 0 aromatic heterocycles. The minimum atomic E-state index is -2.51. The number of Topliss-reactive ketones (excluding diaryl/α,β-unsaturated/α-hetero) is 1. The maximum atomic E-state index is 12.6. The Kier molecular flexibility index (Phi) is 5.57. The van der Waals surface area contributed by atoms with Crippen LogP contribution in [0, 0.1) is 5.92 Å². The van der Waals surface area contributed by atoms with Gasteiger partial charge in [0.05, 0.1) is 5.92 Å². The van der Waals surface area contributed by atoms with Crippen molar-refractivity contribution in [3.05, 3.63) is 11.1 Å². The molecular weight excluding hydrogens is 412 g/mol. The highest BCUT2D eigenvalue weighted by Crippen LogP contribution is 2.55. The van der Waals surface area contributed by atoms with Gasteiger partial charge in [-0.1, -0.05) is 6.92 Å². The predicted octanol–water partition coefficient (Wildman–Crippen LogP) is -0.292. The van der Waals surface area contributed by atoms with E-state index in [1.807, 2.05) is 0 Å². The molecule has 1 saturated carbocycles. The molecule has 172 valence electrons. The van der Waals surface area contributed by atoms with Gasteiger partial charge in [0.1, 0.15) is 17.8 Å². The van der Waals surface area contributed by atoms with Crippen LogP contribution in [0.1, 0.15) is 53.9 Å². The lowest BCUT2D eigenvalue weighted by atomic mass is 9.75. The first-order chi connectivity index (χ1) is 14.2. The van der Waals surface area contributed by atoms with E-state index in [1.165, 1.54) is 13.8 Å². The third kappa shape index (κ3) is 3.19. The Morgan fingerprint density at radius 2 is 1.84 bits per heavy atom. The molecule has 2 fully saturated rings. The van der Waals surface area contributed by atoms with Crippen LogP contribution in [0.4, 0.5) is 0 Å². The van der Waals surface area contributed by atoms with Crippen LogP contribution in [-0.4, -0.2) is 74.1 Å². The molecule has 10 nitrogen and oxygen atoms in total. The first-order valence-corrected chi connectivity index (χ1v) is 10.2. The summed E-state index contributed by atoms with van der Waals surface area (Å²) in [5, 5.41) is 33.4. The number of carbonyl (C=O) groups is 4. The second-order valence-corrected chi connectivity index (χ2v) is 8.89. The van der Waals surface area contributed by atoms with E-state index in [0.717, 1.165) is 13.8 Å². The summed E-state index contributed by atoms with van der Waals surface area (Å²) in [7, 11) is 0. The first-order valence-electron chi connectivity index (χ1n) is 10.2. The molecule has 3 rings (SSSR count). The summed E-state index contributed by atoms with van der Waals surface area (Å²) in [6.07, 6.45) is -4.73. The third-order valence-electron chi connectivity index (χ3n) is 6.65. The molecule has 0 bridgehead atoms. The highest BCUT2D eigenvalue weighted by molar-refractivity contribution is 6.03. The van der Waals surface area contributed by atoms with Crippen molar-refractivity contribution in [2.24, 2.45) is 5.92 Å². The van der Waals surface area contributed by atoms with Crippen LogP contribution < -0.4 is 0 Å². The number of rotatable bonds is 4. The van der Waals surface area contributed by atoms with E-state index < -0.39 is 71.1 Å². The molecule has 0 spiro atoms. The first kappa shape index (κ1) is 23.4. The number of esters is 3. The zero-order chi connectivity index (χ0) is 23.5. The van der Waals surface area contributed by atoms with E-state index in [9.17, 15) is 34.5 Å². The van der Waals surface area contributed by atoms with Gasteiger partial charge in [-0.25, -0.2) is 4.79 Å². The molecule has 10 heteroatoms. The van der Waals surface area contributed by atoms with E-state index in [4.69, 9.17) is 14.2 Å². The molecule has 1 aliphatic heterocycles. The molecule has 7 atom stereocenters. The van der Waals surface area contributed by atoms with Gasteiger partial charge in [0.25, 0.3) is 0 Å². The van der Waals surface area contributed by atoms with Crippen molar-refractivity contribution in [1.29, 1.82) is 0 Å². The van der Waals surface area contributed by atoms with E-state index in [2.05, 4.69) is 0 Å². The molecule has 0 aromatic rings. The number of hydrogen-bond donors (Lipinski definition) is 3. The highest BCUT2D eigenvalue weighted by Gasteiger charge is 2.75. The fourth-order valence-electron chi connectivity index (χ4n) is 5.09. The summed E-state index contributed by atoms with van der Waals surface area (Å²) >= 11 is 0. The number of hydrogen-bond acceptors (Lipinski definition) is 10. The summed E-state index contributed by atoms with van der Waals surface area (Å²) in [5.41, 5.74) is -6.57. The van der Waals surface area contributed by atoms with Crippen LogP contribution in [0.3, 0.4) is 0 Å².